The van der Waals surface area contributed by atoms with E-state index in [-0.39, 0.29) is 23.8 Å². The molecule has 1 aromatic heterocycles. The number of benzene rings is 1. The van der Waals surface area contributed by atoms with Gasteiger partial charge in [0.15, 0.2) is 22.8 Å². The minimum absolute atomic E-state index is 0.0476. The van der Waals surface area contributed by atoms with Gasteiger partial charge in [0.25, 0.3) is 11.8 Å². The molecule has 3 rings (SSSR count). The van der Waals surface area contributed by atoms with E-state index in [0.717, 1.165) is 19.9 Å². The lowest BCUT2D eigenvalue weighted by Crippen LogP contribution is -2.56. The minimum atomic E-state index is -3.71. The van der Waals surface area contributed by atoms with E-state index in [1.807, 2.05) is 0 Å². The molecule has 0 radical (unpaired) electrons. The Balaban J connectivity index is 2.09. The molecule has 2 unspecified atom stereocenters. The number of aliphatic imine (C=N–C) groups is 1. The van der Waals surface area contributed by atoms with E-state index < -0.39 is 46.7 Å². The summed E-state index contributed by atoms with van der Waals surface area (Å²) < 4.78 is 64.0. The lowest BCUT2D eigenvalue weighted by atomic mass is 9.77. The van der Waals surface area contributed by atoms with Crippen molar-refractivity contribution in [3.05, 3.63) is 52.5 Å². The molecule has 29 heavy (non-hydrogen) atoms. The molecule has 10 heteroatoms. The van der Waals surface area contributed by atoms with Crippen molar-refractivity contribution in [3.63, 3.8) is 0 Å². The van der Waals surface area contributed by atoms with Crippen LogP contribution in [0, 0.1) is 12.7 Å². The average molecular weight is 412 g/mol. The largest absolute Gasteiger partial charge is 0.445 e. The van der Waals surface area contributed by atoms with E-state index >= 15 is 0 Å². The van der Waals surface area contributed by atoms with Gasteiger partial charge < -0.3 is 15.9 Å². The van der Waals surface area contributed by atoms with Crippen LogP contribution in [0.25, 0.3) is 0 Å². The first kappa shape index (κ1) is 20.8. The van der Waals surface area contributed by atoms with Crippen LogP contribution in [0.4, 0.5) is 17.6 Å². The van der Waals surface area contributed by atoms with Crippen LogP contribution in [-0.4, -0.2) is 28.3 Å². The maximum absolute atomic E-state index is 14.9. The predicted molar refractivity (Wildman–Crippen MR) is 97.0 cm³/mol. The summed E-state index contributed by atoms with van der Waals surface area (Å²) >= 11 is 0. The Kier molecular flexibility index (Phi) is 4.71. The van der Waals surface area contributed by atoms with Crippen LogP contribution in [0.5, 0.6) is 0 Å². The third-order valence-corrected chi connectivity index (χ3v) is 5.10. The highest BCUT2D eigenvalue weighted by molar-refractivity contribution is 5.92. The molecule has 0 bridgehead atoms. The van der Waals surface area contributed by atoms with Crippen molar-refractivity contribution in [2.24, 2.45) is 16.5 Å². The van der Waals surface area contributed by atoms with Crippen molar-refractivity contribution in [1.82, 2.24) is 4.98 Å². The van der Waals surface area contributed by atoms with Gasteiger partial charge in [-0.15, -0.1) is 0 Å². The van der Waals surface area contributed by atoms with E-state index in [1.165, 1.54) is 19.1 Å². The number of nitrogens with zero attached hydrogens (tertiary/aromatic N) is 2. The second-order valence-electron chi connectivity index (χ2n) is 7.51. The number of alkyl halides is 3. The number of halogens is 4. The number of aromatic nitrogens is 1. The van der Waals surface area contributed by atoms with Gasteiger partial charge in [-0.3, -0.25) is 9.79 Å². The average Bonchev–Trinajstić information content (AvgIpc) is 2.95. The van der Waals surface area contributed by atoms with E-state index in [0.29, 0.717) is 5.56 Å². The predicted octanol–water partition coefficient (Wildman–Crippen LogP) is 3.15. The number of hydrogen-bond donors (Lipinski definition) is 2. The zero-order valence-electron chi connectivity index (χ0n) is 16.0. The summed E-state index contributed by atoms with van der Waals surface area (Å²) in [5.74, 6) is -5.78. The molecule has 2 aromatic rings. The lowest BCUT2D eigenvalue weighted by molar-refractivity contribution is -0.106. The Morgan fingerprint density at radius 2 is 1.93 bits per heavy atom. The maximum Gasteiger partial charge on any atom is 0.280 e. The summed E-state index contributed by atoms with van der Waals surface area (Å²) in [6, 6.07) is 3.51. The number of hydrogen-bond acceptors (Lipinski definition) is 5. The minimum Gasteiger partial charge on any atom is -0.445 e. The molecular formula is C19H20F4N4O2. The lowest BCUT2D eigenvalue weighted by Gasteiger charge is -2.42. The summed E-state index contributed by atoms with van der Waals surface area (Å²) in [5.41, 5.74) is 5.70. The number of aryl methyl sites for hydroxylation is 1. The highest BCUT2D eigenvalue weighted by atomic mass is 19.3. The first-order valence-electron chi connectivity index (χ1n) is 8.74. The number of oxazole rings is 1. The van der Waals surface area contributed by atoms with Crippen LogP contribution < -0.4 is 11.5 Å². The van der Waals surface area contributed by atoms with Gasteiger partial charge in [-0.05, 0) is 31.5 Å². The zero-order chi connectivity index (χ0) is 21.8. The van der Waals surface area contributed by atoms with Gasteiger partial charge in [0.1, 0.15) is 17.4 Å². The second kappa shape index (κ2) is 6.57. The smallest absolute Gasteiger partial charge is 0.280 e. The Morgan fingerprint density at radius 1 is 1.28 bits per heavy atom. The molecule has 2 heterocycles. The normalized spacial score (nSPS) is 26.2. The number of carbonyl (C=O) groups is 1. The monoisotopic (exact) mass is 412 g/mol. The fraction of sp³-hybridized carbons (Fsp3) is 0.421. The molecule has 0 saturated heterocycles. The fourth-order valence-electron chi connectivity index (χ4n) is 3.40. The molecule has 0 aliphatic carbocycles. The van der Waals surface area contributed by atoms with Gasteiger partial charge >= 0.3 is 0 Å². The van der Waals surface area contributed by atoms with E-state index in [2.05, 4.69) is 9.98 Å². The molecule has 1 aliphatic heterocycles. The topological polar surface area (TPSA) is 108 Å². The quantitative estimate of drug-likeness (QED) is 0.752. The zero-order valence-corrected chi connectivity index (χ0v) is 16.0. The molecule has 0 fully saturated rings. The van der Waals surface area contributed by atoms with Crippen molar-refractivity contribution in [1.29, 1.82) is 0 Å². The first-order valence-corrected chi connectivity index (χ1v) is 8.74. The SMILES string of the molecule is Cc1nc(C(N)=O)c(Cc2ccc(F)c(C3(C)N=C(N)C(C)(F)CC3(F)F)c2)o1. The fourth-order valence-corrected chi connectivity index (χ4v) is 3.40. The van der Waals surface area contributed by atoms with Gasteiger partial charge in [0.05, 0.1) is 6.42 Å². The Morgan fingerprint density at radius 3 is 2.55 bits per heavy atom. The summed E-state index contributed by atoms with van der Waals surface area (Å²) in [6.45, 7) is 3.43. The third kappa shape index (κ3) is 3.47. The molecule has 2 atom stereocenters. The summed E-state index contributed by atoms with van der Waals surface area (Å²) in [4.78, 5) is 19.1. The van der Waals surface area contributed by atoms with Crippen LogP contribution in [-0.2, 0) is 12.0 Å². The summed E-state index contributed by atoms with van der Waals surface area (Å²) in [5, 5.41) is 0. The molecule has 4 N–H and O–H groups in total. The van der Waals surface area contributed by atoms with Crippen molar-refractivity contribution < 1.29 is 26.8 Å². The highest BCUT2D eigenvalue weighted by Gasteiger charge is 2.60. The second-order valence-corrected chi connectivity index (χ2v) is 7.51. The van der Waals surface area contributed by atoms with E-state index in [1.54, 1.807) is 0 Å². The van der Waals surface area contributed by atoms with Crippen LogP contribution in [0.2, 0.25) is 0 Å². The van der Waals surface area contributed by atoms with Crippen LogP contribution in [0.3, 0.4) is 0 Å². The molecular weight excluding hydrogens is 392 g/mol. The number of primary amides is 1. The summed E-state index contributed by atoms with van der Waals surface area (Å²) in [7, 11) is 0. The molecule has 156 valence electrons. The van der Waals surface area contributed by atoms with Gasteiger partial charge in [-0.2, -0.15) is 0 Å². The molecule has 0 saturated carbocycles. The van der Waals surface area contributed by atoms with Crippen LogP contribution in [0.15, 0.2) is 27.6 Å². The molecule has 1 aromatic carbocycles. The number of amides is 1. The van der Waals surface area contributed by atoms with Gasteiger partial charge in [0, 0.05) is 18.9 Å². The number of nitrogens with two attached hydrogens (primary N) is 2. The Labute approximate surface area is 164 Å². The van der Waals surface area contributed by atoms with Crippen LogP contribution >= 0.6 is 0 Å². The van der Waals surface area contributed by atoms with Gasteiger partial charge in [-0.1, -0.05) is 6.07 Å². The number of rotatable bonds is 4. The van der Waals surface area contributed by atoms with Crippen molar-refractivity contribution in [2.45, 2.75) is 50.7 Å². The van der Waals surface area contributed by atoms with Gasteiger partial charge in [0.2, 0.25) is 0 Å². The van der Waals surface area contributed by atoms with Crippen molar-refractivity contribution >= 4 is 11.7 Å². The number of amidine groups is 1. The highest BCUT2D eigenvalue weighted by Crippen LogP contribution is 2.50. The van der Waals surface area contributed by atoms with E-state index in [4.69, 9.17) is 15.9 Å². The van der Waals surface area contributed by atoms with Crippen molar-refractivity contribution in [2.75, 3.05) is 0 Å². The molecule has 0 spiro atoms. The number of carbonyl (C=O) groups excluding carboxylic acids is 1. The van der Waals surface area contributed by atoms with Gasteiger partial charge in [-0.25, -0.2) is 22.5 Å². The molecule has 1 aliphatic rings. The molecule has 6 nitrogen and oxygen atoms in total. The van der Waals surface area contributed by atoms with E-state index in [9.17, 15) is 22.4 Å². The Hall–Kier alpha value is -2.91. The molecule has 1 amide bonds. The van der Waals surface area contributed by atoms with Crippen molar-refractivity contribution in [3.8, 4) is 0 Å². The Bertz CT molecular complexity index is 1020. The standard InChI is InChI=1S/C19H20F4N4O2/c1-9-26-14(15(24)28)13(29-9)7-10-4-5-12(20)11(6-10)18(3)19(22,23)8-17(2,21)16(25)27-18/h4-6H,7-8H2,1-3H3,(H2,24,28)(H2,25,27). The maximum atomic E-state index is 14.9. The first-order chi connectivity index (χ1) is 13.3. The summed E-state index contributed by atoms with van der Waals surface area (Å²) in [6.07, 6.45) is -1.28. The third-order valence-electron chi connectivity index (χ3n) is 5.10. The van der Waals surface area contributed by atoms with Crippen LogP contribution in [0.1, 0.15) is 53.5 Å².